The Hall–Kier alpha value is -1.40. The molecule has 1 amide bonds. The smallest absolute Gasteiger partial charge is 0.221 e. The van der Waals surface area contributed by atoms with Crippen LogP contribution >= 0.6 is 0 Å². The Kier molecular flexibility index (Phi) is 5.33. The number of hydrogen-bond acceptors (Lipinski definition) is 4. The van der Waals surface area contributed by atoms with Crippen LogP contribution in [0.1, 0.15) is 45.1 Å². The fourth-order valence-electron chi connectivity index (χ4n) is 4.07. The van der Waals surface area contributed by atoms with Crippen LogP contribution in [0.2, 0.25) is 0 Å². The van der Waals surface area contributed by atoms with Gasteiger partial charge in [0.2, 0.25) is 5.91 Å². The lowest BCUT2D eigenvalue weighted by Crippen LogP contribution is -2.36. The second-order valence-electron chi connectivity index (χ2n) is 6.99. The number of aromatic nitrogens is 2. The number of nitrogens with zero attached hydrogens (tertiary/aromatic N) is 3. The summed E-state index contributed by atoms with van der Waals surface area (Å²) in [5.41, 5.74) is 0.773. The average molecular weight is 320 g/mol. The largest absolute Gasteiger partial charge is 0.383 e. The standard InChI is InChI=1S/C17H28N4O2/c1-13(22)19-15-8-18-21(10-15)16-7-17(12-23-2)20(11-16)9-14-5-3-4-6-14/h8,10,14,16-17H,3-7,9,11-12H2,1-2H3,(H,19,22)/t16-,17-/m0/s1. The monoisotopic (exact) mass is 320 g/mol. The summed E-state index contributed by atoms with van der Waals surface area (Å²) in [7, 11) is 1.78. The SMILES string of the molecule is COC[C@@H]1C[C@H](n2cc(NC(C)=O)cn2)CN1CC1CCCC1. The third-order valence-electron chi connectivity index (χ3n) is 5.13. The molecule has 6 heteroatoms. The van der Waals surface area contributed by atoms with Crippen LogP contribution in [-0.4, -0.2) is 53.4 Å². The minimum absolute atomic E-state index is 0.0592. The quantitative estimate of drug-likeness (QED) is 0.874. The van der Waals surface area contributed by atoms with Crippen molar-refractivity contribution >= 4 is 11.6 Å². The van der Waals surface area contributed by atoms with Crippen LogP contribution in [0.15, 0.2) is 12.4 Å². The number of rotatable bonds is 6. The lowest BCUT2D eigenvalue weighted by Gasteiger charge is -2.26. The first kappa shape index (κ1) is 16.5. The molecule has 3 rings (SSSR count). The molecule has 0 spiro atoms. The van der Waals surface area contributed by atoms with E-state index in [0.29, 0.717) is 12.1 Å². The summed E-state index contributed by atoms with van der Waals surface area (Å²) >= 11 is 0. The van der Waals surface area contributed by atoms with Crippen molar-refractivity contribution in [1.29, 1.82) is 0 Å². The molecule has 2 fully saturated rings. The molecule has 0 radical (unpaired) electrons. The Morgan fingerprint density at radius 3 is 2.91 bits per heavy atom. The second-order valence-corrected chi connectivity index (χ2v) is 6.99. The first-order chi connectivity index (χ1) is 11.2. The van der Waals surface area contributed by atoms with E-state index >= 15 is 0 Å². The molecule has 0 unspecified atom stereocenters. The van der Waals surface area contributed by atoms with Crippen molar-refractivity contribution in [2.75, 3.05) is 32.1 Å². The highest BCUT2D eigenvalue weighted by Crippen LogP contribution is 2.32. The van der Waals surface area contributed by atoms with Crippen molar-refractivity contribution in [2.45, 2.75) is 51.1 Å². The molecule has 23 heavy (non-hydrogen) atoms. The van der Waals surface area contributed by atoms with Gasteiger partial charge in [-0.15, -0.1) is 0 Å². The maximum atomic E-state index is 11.2. The van der Waals surface area contributed by atoms with E-state index in [1.807, 2.05) is 10.9 Å². The van der Waals surface area contributed by atoms with E-state index in [4.69, 9.17) is 4.74 Å². The summed E-state index contributed by atoms with van der Waals surface area (Å²) in [5.74, 6) is 0.789. The molecule has 2 atom stereocenters. The molecule has 0 aromatic carbocycles. The van der Waals surface area contributed by atoms with Gasteiger partial charge in [-0.25, -0.2) is 0 Å². The summed E-state index contributed by atoms with van der Waals surface area (Å²) < 4.78 is 7.44. The summed E-state index contributed by atoms with van der Waals surface area (Å²) in [6.45, 7) is 4.50. The molecular weight excluding hydrogens is 292 g/mol. The van der Waals surface area contributed by atoms with Gasteiger partial charge in [-0.3, -0.25) is 14.4 Å². The predicted molar refractivity (Wildman–Crippen MR) is 89.4 cm³/mol. The molecule has 2 heterocycles. The third kappa shape index (κ3) is 4.12. The lowest BCUT2D eigenvalue weighted by atomic mass is 10.1. The van der Waals surface area contributed by atoms with E-state index in [1.54, 1.807) is 13.3 Å². The molecule has 0 bridgehead atoms. The van der Waals surface area contributed by atoms with Crippen LogP contribution in [0.3, 0.4) is 0 Å². The molecule has 128 valence electrons. The molecule has 1 aliphatic carbocycles. The van der Waals surface area contributed by atoms with E-state index in [1.165, 1.54) is 39.2 Å². The van der Waals surface area contributed by atoms with Crippen molar-refractivity contribution in [2.24, 2.45) is 5.92 Å². The van der Waals surface area contributed by atoms with E-state index in [2.05, 4.69) is 15.3 Å². The summed E-state index contributed by atoms with van der Waals surface area (Å²) in [4.78, 5) is 13.7. The molecular formula is C17H28N4O2. The maximum absolute atomic E-state index is 11.2. The lowest BCUT2D eigenvalue weighted by molar-refractivity contribution is -0.114. The Morgan fingerprint density at radius 2 is 2.22 bits per heavy atom. The van der Waals surface area contributed by atoms with E-state index in [9.17, 15) is 4.79 Å². The van der Waals surface area contributed by atoms with Gasteiger partial charge in [-0.05, 0) is 25.2 Å². The van der Waals surface area contributed by atoms with Gasteiger partial charge in [0.1, 0.15) is 0 Å². The van der Waals surface area contributed by atoms with Gasteiger partial charge in [0.15, 0.2) is 0 Å². The summed E-state index contributed by atoms with van der Waals surface area (Å²) in [5, 5.41) is 7.24. The maximum Gasteiger partial charge on any atom is 0.221 e. The number of hydrogen-bond donors (Lipinski definition) is 1. The minimum atomic E-state index is -0.0592. The number of carbonyl (C=O) groups is 1. The van der Waals surface area contributed by atoms with Crippen molar-refractivity contribution in [3.05, 3.63) is 12.4 Å². The molecule has 1 saturated carbocycles. The van der Waals surface area contributed by atoms with Crippen molar-refractivity contribution in [3.8, 4) is 0 Å². The zero-order chi connectivity index (χ0) is 16.2. The zero-order valence-corrected chi connectivity index (χ0v) is 14.2. The Labute approximate surface area is 138 Å². The Bertz CT molecular complexity index is 524. The third-order valence-corrected chi connectivity index (χ3v) is 5.13. The van der Waals surface area contributed by atoms with Gasteiger partial charge in [0.05, 0.1) is 24.5 Å². The van der Waals surface area contributed by atoms with E-state index in [0.717, 1.165) is 31.2 Å². The number of anilines is 1. The summed E-state index contributed by atoms with van der Waals surface area (Å²) in [6, 6.07) is 0.832. The van der Waals surface area contributed by atoms with Crippen LogP contribution < -0.4 is 5.32 Å². The van der Waals surface area contributed by atoms with Gasteiger partial charge in [0.25, 0.3) is 0 Å². The number of amides is 1. The van der Waals surface area contributed by atoms with E-state index in [-0.39, 0.29) is 5.91 Å². The fourth-order valence-corrected chi connectivity index (χ4v) is 4.07. The first-order valence-electron chi connectivity index (χ1n) is 8.70. The summed E-state index contributed by atoms with van der Waals surface area (Å²) in [6.07, 6.45) is 10.2. The minimum Gasteiger partial charge on any atom is -0.383 e. The van der Waals surface area contributed by atoms with Gasteiger partial charge in [-0.1, -0.05) is 12.8 Å². The number of nitrogens with one attached hydrogen (secondary N) is 1. The molecule has 1 aliphatic heterocycles. The Morgan fingerprint density at radius 1 is 1.43 bits per heavy atom. The second kappa shape index (κ2) is 7.45. The molecule has 1 aromatic heterocycles. The van der Waals surface area contributed by atoms with Crippen molar-refractivity contribution in [3.63, 3.8) is 0 Å². The van der Waals surface area contributed by atoms with Crippen LogP contribution in [-0.2, 0) is 9.53 Å². The fraction of sp³-hybridized carbons (Fsp3) is 0.765. The van der Waals surface area contributed by atoms with Crippen LogP contribution in [0.4, 0.5) is 5.69 Å². The average Bonchev–Trinajstić information content (AvgIpc) is 3.21. The normalized spacial score (nSPS) is 26.0. The highest BCUT2D eigenvalue weighted by molar-refractivity contribution is 5.88. The van der Waals surface area contributed by atoms with Crippen LogP contribution in [0.5, 0.6) is 0 Å². The van der Waals surface area contributed by atoms with Gasteiger partial charge in [0, 0.05) is 39.4 Å². The van der Waals surface area contributed by atoms with Crippen LogP contribution in [0.25, 0.3) is 0 Å². The number of likely N-dealkylation sites (tertiary alicyclic amines) is 1. The first-order valence-corrected chi connectivity index (χ1v) is 8.70. The van der Waals surface area contributed by atoms with Crippen LogP contribution in [0, 0.1) is 5.92 Å². The zero-order valence-electron chi connectivity index (χ0n) is 14.2. The predicted octanol–water partition coefficient (Wildman–Crippen LogP) is 2.29. The number of ether oxygens (including phenoxy) is 1. The van der Waals surface area contributed by atoms with Crippen molar-refractivity contribution < 1.29 is 9.53 Å². The molecule has 1 saturated heterocycles. The molecule has 2 aliphatic rings. The molecule has 1 aromatic rings. The van der Waals surface area contributed by atoms with Crippen molar-refractivity contribution in [1.82, 2.24) is 14.7 Å². The molecule has 6 nitrogen and oxygen atoms in total. The van der Waals surface area contributed by atoms with Gasteiger partial charge >= 0.3 is 0 Å². The number of carbonyl (C=O) groups excluding carboxylic acids is 1. The highest BCUT2D eigenvalue weighted by atomic mass is 16.5. The Balaban J connectivity index is 1.63. The topological polar surface area (TPSA) is 59.4 Å². The van der Waals surface area contributed by atoms with Gasteiger partial charge in [-0.2, -0.15) is 5.10 Å². The van der Waals surface area contributed by atoms with E-state index < -0.39 is 0 Å². The van der Waals surface area contributed by atoms with Gasteiger partial charge < -0.3 is 10.1 Å². The molecule has 1 N–H and O–H groups in total. The number of methoxy groups -OCH3 is 1. The highest BCUT2D eigenvalue weighted by Gasteiger charge is 2.35.